The molecular formula is C9H15N3O2S. The maximum absolute atomic E-state index is 5.81. The van der Waals surface area contributed by atoms with Crippen LogP contribution >= 0.6 is 11.8 Å². The first kappa shape index (κ1) is 12.1. The minimum atomic E-state index is 0.430. The Morgan fingerprint density at radius 3 is 2.87 bits per heavy atom. The second kappa shape index (κ2) is 6.47. The summed E-state index contributed by atoms with van der Waals surface area (Å²) in [5.41, 5.74) is 6.31. The summed E-state index contributed by atoms with van der Waals surface area (Å²) >= 11 is 1.58. The predicted molar refractivity (Wildman–Crippen MR) is 60.2 cm³/mol. The molecule has 6 heteroatoms. The highest BCUT2D eigenvalue weighted by molar-refractivity contribution is 7.99. The van der Waals surface area contributed by atoms with E-state index in [1.807, 2.05) is 0 Å². The number of ether oxygens (including phenoxy) is 2. The summed E-state index contributed by atoms with van der Waals surface area (Å²) in [4.78, 5) is 8.00. The summed E-state index contributed by atoms with van der Waals surface area (Å²) in [6.45, 7) is 0.745. The van der Waals surface area contributed by atoms with E-state index in [-0.39, 0.29) is 0 Å². The Morgan fingerprint density at radius 1 is 1.40 bits per heavy atom. The molecule has 1 heterocycles. The van der Waals surface area contributed by atoms with Crippen LogP contribution in [0.2, 0.25) is 0 Å². The van der Waals surface area contributed by atoms with Crippen LogP contribution in [0.4, 0.5) is 5.69 Å². The van der Waals surface area contributed by atoms with Crippen LogP contribution in [0.15, 0.2) is 11.4 Å². The van der Waals surface area contributed by atoms with E-state index < -0.39 is 0 Å². The average Bonchev–Trinajstić information content (AvgIpc) is 2.26. The molecule has 1 aromatic heterocycles. The lowest BCUT2D eigenvalue weighted by molar-refractivity contribution is 0.200. The zero-order valence-corrected chi connectivity index (χ0v) is 9.71. The first-order chi connectivity index (χ1) is 7.29. The molecule has 0 aliphatic carbocycles. The smallest absolute Gasteiger partial charge is 0.241 e. The second-order valence-electron chi connectivity index (χ2n) is 2.80. The van der Waals surface area contributed by atoms with Crippen molar-refractivity contribution in [3.8, 4) is 5.88 Å². The molecule has 0 amide bonds. The van der Waals surface area contributed by atoms with Crippen LogP contribution in [0.3, 0.4) is 0 Å². The number of anilines is 1. The first-order valence-corrected chi connectivity index (χ1v) is 5.54. The number of nitrogens with two attached hydrogens (primary N) is 1. The molecule has 0 spiro atoms. The average molecular weight is 229 g/mol. The van der Waals surface area contributed by atoms with Crippen molar-refractivity contribution in [1.82, 2.24) is 9.97 Å². The number of methoxy groups -OCH3 is 2. The Bertz CT molecular complexity index is 309. The van der Waals surface area contributed by atoms with Crippen molar-refractivity contribution in [3.63, 3.8) is 0 Å². The van der Waals surface area contributed by atoms with E-state index in [1.165, 1.54) is 13.4 Å². The Labute approximate surface area is 93.4 Å². The van der Waals surface area contributed by atoms with Crippen LogP contribution in [0.1, 0.15) is 6.42 Å². The van der Waals surface area contributed by atoms with E-state index in [4.69, 9.17) is 15.2 Å². The molecule has 0 atom stereocenters. The van der Waals surface area contributed by atoms with E-state index in [1.54, 1.807) is 18.9 Å². The van der Waals surface area contributed by atoms with Crippen molar-refractivity contribution in [3.05, 3.63) is 6.33 Å². The van der Waals surface area contributed by atoms with Crippen LogP contribution in [0.5, 0.6) is 5.88 Å². The van der Waals surface area contributed by atoms with Gasteiger partial charge < -0.3 is 15.2 Å². The van der Waals surface area contributed by atoms with Crippen molar-refractivity contribution >= 4 is 17.4 Å². The molecule has 0 saturated carbocycles. The van der Waals surface area contributed by atoms with Gasteiger partial charge in [0.1, 0.15) is 17.0 Å². The van der Waals surface area contributed by atoms with E-state index >= 15 is 0 Å². The predicted octanol–water partition coefficient (Wildman–Crippen LogP) is 1.20. The minimum Gasteiger partial charge on any atom is -0.479 e. The quantitative estimate of drug-likeness (QED) is 0.449. The topological polar surface area (TPSA) is 70.3 Å². The van der Waals surface area contributed by atoms with Gasteiger partial charge in [-0.3, -0.25) is 0 Å². The molecule has 0 unspecified atom stereocenters. The fourth-order valence-electron chi connectivity index (χ4n) is 1.01. The van der Waals surface area contributed by atoms with Crippen molar-refractivity contribution < 1.29 is 9.47 Å². The van der Waals surface area contributed by atoms with Crippen LogP contribution in [0, 0.1) is 0 Å². The fraction of sp³-hybridized carbons (Fsp3) is 0.556. The molecule has 1 aromatic rings. The number of aromatic nitrogens is 2. The largest absolute Gasteiger partial charge is 0.479 e. The highest BCUT2D eigenvalue weighted by atomic mass is 32.2. The van der Waals surface area contributed by atoms with Gasteiger partial charge in [-0.15, -0.1) is 11.8 Å². The Kier molecular flexibility index (Phi) is 5.20. The standard InChI is InChI=1S/C9H15N3O2S/c1-13-4-3-5-15-9-7(10)8(14-2)11-6-12-9/h6H,3-5,10H2,1-2H3. The normalized spacial score (nSPS) is 10.3. The van der Waals surface area contributed by atoms with E-state index in [9.17, 15) is 0 Å². The number of thioether (sulfide) groups is 1. The summed E-state index contributed by atoms with van der Waals surface area (Å²) in [7, 11) is 3.23. The highest BCUT2D eigenvalue weighted by Gasteiger charge is 2.07. The van der Waals surface area contributed by atoms with Gasteiger partial charge in [0, 0.05) is 19.5 Å². The lowest BCUT2D eigenvalue weighted by Crippen LogP contribution is -2.00. The molecule has 0 radical (unpaired) electrons. The molecule has 0 aliphatic heterocycles. The number of nitrogen functional groups attached to an aromatic ring is 1. The third-order valence-corrected chi connectivity index (χ3v) is 2.83. The van der Waals surface area contributed by atoms with Gasteiger partial charge >= 0.3 is 0 Å². The molecule has 2 N–H and O–H groups in total. The third-order valence-electron chi connectivity index (χ3n) is 1.74. The van der Waals surface area contributed by atoms with E-state index in [0.717, 1.165) is 23.8 Å². The highest BCUT2D eigenvalue weighted by Crippen LogP contribution is 2.28. The number of hydrogen-bond donors (Lipinski definition) is 1. The van der Waals surface area contributed by atoms with Crippen molar-refractivity contribution in [1.29, 1.82) is 0 Å². The van der Waals surface area contributed by atoms with Gasteiger partial charge in [-0.05, 0) is 6.42 Å². The molecule has 84 valence electrons. The molecule has 0 fully saturated rings. The van der Waals surface area contributed by atoms with Gasteiger partial charge in [-0.25, -0.2) is 4.98 Å². The van der Waals surface area contributed by atoms with Gasteiger partial charge in [0.2, 0.25) is 5.88 Å². The first-order valence-electron chi connectivity index (χ1n) is 4.55. The number of hydrogen-bond acceptors (Lipinski definition) is 6. The zero-order chi connectivity index (χ0) is 11.1. The van der Waals surface area contributed by atoms with Crippen molar-refractivity contribution in [2.75, 3.05) is 32.3 Å². The minimum absolute atomic E-state index is 0.430. The monoisotopic (exact) mass is 229 g/mol. The van der Waals surface area contributed by atoms with E-state index in [2.05, 4.69) is 9.97 Å². The van der Waals surface area contributed by atoms with E-state index in [0.29, 0.717) is 11.6 Å². The maximum Gasteiger partial charge on any atom is 0.241 e. The molecule has 0 aliphatic rings. The Morgan fingerprint density at radius 2 is 2.20 bits per heavy atom. The van der Waals surface area contributed by atoms with Crippen molar-refractivity contribution in [2.45, 2.75) is 11.4 Å². The zero-order valence-electron chi connectivity index (χ0n) is 8.90. The molecule has 1 rings (SSSR count). The summed E-state index contributed by atoms with van der Waals surface area (Å²) < 4.78 is 9.95. The summed E-state index contributed by atoms with van der Waals surface area (Å²) in [6.07, 6.45) is 2.42. The van der Waals surface area contributed by atoms with Crippen molar-refractivity contribution in [2.24, 2.45) is 0 Å². The Balaban J connectivity index is 2.53. The summed E-state index contributed by atoms with van der Waals surface area (Å²) in [5.74, 6) is 1.34. The lowest BCUT2D eigenvalue weighted by atomic mass is 10.5. The Hall–Kier alpha value is -1.01. The lowest BCUT2D eigenvalue weighted by Gasteiger charge is -2.06. The number of rotatable bonds is 6. The third kappa shape index (κ3) is 3.56. The maximum atomic E-state index is 5.81. The molecule has 5 nitrogen and oxygen atoms in total. The summed E-state index contributed by atoms with van der Waals surface area (Å²) in [5, 5.41) is 0.762. The second-order valence-corrected chi connectivity index (χ2v) is 3.88. The SMILES string of the molecule is COCCCSc1ncnc(OC)c1N. The van der Waals surface area contributed by atoms with Crippen LogP contribution < -0.4 is 10.5 Å². The van der Waals surface area contributed by atoms with Crippen LogP contribution in [-0.2, 0) is 4.74 Å². The van der Waals surface area contributed by atoms with Gasteiger partial charge in [-0.2, -0.15) is 4.98 Å². The van der Waals surface area contributed by atoms with Gasteiger partial charge in [-0.1, -0.05) is 0 Å². The molecule has 0 saturated heterocycles. The fourth-order valence-corrected chi connectivity index (χ4v) is 1.83. The van der Waals surface area contributed by atoms with Gasteiger partial charge in [0.05, 0.1) is 7.11 Å². The van der Waals surface area contributed by atoms with Crippen LogP contribution in [-0.4, -0.2) is 36.5 Å². The summed E-state index contributed by atoms with van der Waals surface area (Å²) in [6, 6.07) is 0. The van der Waals surface area contributed by atoms with Crippen LogP contribution in [0.25, 0.3) is 0 Å². The molecular weight excluding hydrogens is 214 g/mol. The molecule has 0 bridgehead atoms. The molecule has 0 aromatic carbocycles. The van der Waals surface area contributed by atoms with Gasteiger partial charge in [0.25, 0.3) is 0 Å². The van der Waals surface area contributed by atoms with Gasteiger partial charge in [0.15, 0.2) is 0 Å². The number of nitrogens with zero attached hydrogens (tertiary/aromatic N) is 2. The molecule has 15 heavy (non-hydrogen) atoms.